The number of ether oxygens (including phenoxy) is 1. The van der Waals surface area contributed by atoms with Gasteiger partial charge in [0.25, 0.3) is 5.91 Å². The molecule has 0 aliphatic rings. The fourth-order valence-corrected chi connectivity index (χ4v) is 2.54. The van der Waals surface area contributed by atoms with E-state index in [9.17, 15) is 9.59 Å². The van der Waals surface area contributed by atoms with Crippen molar-refractivity contribution in [3.05, 3.63) is 28.7 Å². The number of aliphatic carboxylic acids is 1. The molecular formula is C16H22BrNO4. The summed E-state index contributed by atoms with van der Waals surface area (Å²) in [5, 5.41) is 11.9. The van der Waals surface area contributed by atoms with E-state index in [0.717, 1.165) is 4.47 Å². The monoisotopic (exact) mass is 371 g/mol. The van der Waals surface area contributed by atoms with Crippen molar-refractivity contribution in [2.75, 3.05) is 0 Å². The molecule has 0 saturated carbocycles. The summed E-state index contributed by atoms with van der Waals surface area (Å²) in [5.74, 6) is -0.675. The molecule has 1 rings (SSSR count). The molecule has 6 heteroatoms. The van der Waals surface area contributed by atoms with Crippen molar-refractivity contribution < 1.29 is 19.4 Å². The van der Waals surface area contributed by atoms with Gasteiger partial charge in [-0.25, -0.2) is 0 Å². The molecule has 1 aromatic carbocycles. The lowest BCUT2D eigenvalue weighted by atomic mass is 9.88. The minimum atomic E-state index is -0.927. The number of hydrogen-bond donors (Lipinski definition) is 2. The molecule has 0 heterocycles. The molecule has 22 heavy (non-hydrogen) atoms. The lowest BCUT2D eigenvalue weighted by molar-refractivity contribution is -0.139. The second kappa shape index (κ2) is 8.17. The summed E-state index contributed by atoms with van der Waals surface area (Å²) in [7, 11) is 0. The van der Waals surface area contributed by atoms with Crippen LogP contribution in [0.4, 0.5) is 0 Å². The normalized spacial score (nSPS) is 12.5. The van der Waals surface area contributed by atoms with Crippen LogP contribution < -0.4 is 10.1 Å². The molecular weight excluding hydrogens is 350 g/mol. The maximum atomic E-state index is 12.3. The van der Waals surface area contributed by atoms with Crippen molar-refractivity contribution in [2.45, 2.75) is 51.7 Å². The quantitative estimate of drug-likeness (QED) is 0.734. The lowest BCUT2D eigenvalue weighted by Crippen LogP contribution is -2.52. The van der Waals surface area contributed by atoms with E-state index in [1.807, 2.05) is 32.0 Å². The molecule has 0 fully saturated rings. The molecule has 122 valence electrons. The molecule has 0 radical (unpaired) electrons. The van der Waals surface area contributed by atoms with Crippen LogP contribution in [0.3, 0.4) is 0 Å². The Morgan fingerprint density at radius 2 is 1.91 bits per heavy atom. The second-order valence-corrected chi connectivity index (χ2v) is 6.09. The highest BCUT2D eigenvalue weighted by Crippen LogP contribution is 2.25. The van der Waals surface area contributed by atoms with Crippen LogP contribution in [0, 0.1) is 0 Å². The Morgan fingerprint density at radius 1 is 1.32 bits per heavy atom. The third kappa shape index (κ3) is 5.02. The topological polar surface area (TPSA) is 75.6 Å². The zero-order valence-corrected chi connectivity index (χ0v) is 14.6. The van der Waals surface area contributed by atoms with E-state index in [-0.39, 0.29) is 12.3 Å². The second-order valence-electron chi connectivity index (χ2n) is 5.24. The first-order chi connectivity index (χ1) is 10.3. The van der Waals surface area contributed by atoms with Gasteiger partial charge in [-0.15, -0.1) is 0 Å². The van der Waals surface area contributed by atoms with Gasteiger partial charge in [0.1, 0.15) is 5.75 Å². The van der Waals surface area contributed by atoms with Crippen LogP contribution in [0.5, 0.6) is 5.75 Å². The highest BCUT2D eigenvalue weighted by molar-refractivity contribution is 9.10. The molecule has 2 N–H and O–H groups in total. The summed E-state index contributed by atoms with van der Waals surface area (Å²) in [6.45, 7) is 5.38. The van der Waals surface area contributed by atoms with E-state index in [1.165, 1.54) is 0 Å². The molecule has 0 aliphatic heterocycles. The maximum absolute atomic E-state index is 12.3. The van der Waals surface area contributed by atoms with Crippen LogP contribution in [-0.2, 0) is 9.59 Å². The number of para-hydroxylation sites is 1. The minimum absolute atomic E-state index is 0.104. The van der Waals surface area contributed by atoms with Gasteiger partial charge in [-0.1, -0.05) is 26.0 Å². The fourth-order valence-electron chi connectivity index (χ4n) is 2.16. The van der Waals surface area contributed by atoms with Crippen molar-refractivity contribution in [1.29, 1.82) is 0 Å². The van der Waals surface area contributed by atoms with Crippen LogP contribution in [0.15, 0.2) is 28.7 Å². The molecule has 1 amide bonds. The van der Waals surface area contributed by atoms with Gasteiger partial charge in [-0.2, -0.15) is 0 Å². The SMILES string of the molecule is CCC(CC)(CC(=O)O)NC(=O)C(C)Oc1ccccc1Br. The maximum Gasteiger partial charge on any atom is 0.305 e. The van der Waals surface area contributed by atoms with E-state index in [4.69, 9.17) is 9.84 Å². The Hall–Kier alpha value is -1.56. The number of carbonyl (C=O) groups excluding carboxylic acids is 1. The lowest BCUT2D eigenvalue weighted by Gasteiger charge is -2.32. The predicted octanol–water partition coefficient (Wildman–Crippen LogP) is 3.37. The Morgan fingerprint density at radius 3 is 2.41 bits per heavy atom. The van der Waals surface area contributed by atoms with E-state index in [1.54, 1.807) is 13.0 Å². The van der Waals surface area contributed by atoms with Crippen LogP contribution in [-0.4, -0.2) is 28.6 Å². The highest BCUT2D eigenvalue weighted by Gasteiger charge is 2.32. The van der Waals surface area contributed by atoms with E-state index in [0.29, 0.717) is 18.6 Å². The van der Waals surface area contributed by atoms with Crippen LogP contribution in [0.25, 0.3) is 0 Å². The molecule has 0 aliphatic carbocycles. The number of benzene rings is 1. The smallest absolute Gasteiger partial charge is 0.305 e. The third-order valence-electron chi connectivity index (χ3n) is 3.74. The van der Waals surface area contributed by atoms with Crippen LogP contribution in [0.1, 0.15) is 40.0 Å². The van der Waals surface area contributed by atoms with Crippen LogP contribution in [0.2, 0.25) is 0 Å². The Labute approximate surface area is 139 Å². The van der Waals surface area contributed by atoms with Crippen molar-refractivity contribution in [3.8, 4) is 5.75 Å². The van der Waals surface area contributed by atoms with Gasteiger partial charge in [-0.05, 0) is 47.8 Å². The Balaban J connectivity index is 2.77. The Bertz CT molecular complexity index is 529. The Kier molecular flexibility index (Phi) is 6.87. The number of carbonyl (C=O) groups is 2. The molecule has 1 unspecified atom stereocenters. The summed E-state index contributed by atoms with van der Waals surface area (Å²) < 4.78 is 6.40. The van der Waals surface area contributed by atoms with Crippen LogP contribution >= 0.6 is 15.9 Å². The van der Waals surface area contributed by atoms with Crippen molar-refractivity contribution >= 4 is 27.8 Å². The fraction of sp³-hybridized carbons (Fsp3) is 0.500. The van der Waals surface area contributed by atoms with E-state index in [2.05, 4.69) is 21.2 Å². The number of hydrogen-bond acceptors (Lipinski definition) is 3. The molecule has 0 spiro atoms. The third-order valence-corrected chi connectivity index (χ3v) is 4.40. The first-order valence-electron chi connectivity index (χ1n) is 7.28. The summed E-state index contributed by atoms with van der Waals surface area (Å²) >= 11 is 3.36. The number of rotatable bonds is 8. The van der Waals surface area contributed by atoms with Gasteiger partial charge in [0.2, 0.25) is 0 Å². The number of amides is 1. The first-order valence-corrected chi connectivity index (χ1v) is 8.08. The zero-order valence-electron chi connectivity index (χ0n) is 13.1. The predicted molar refractivity (Wildman–Crippen MR) is 87.9 cm³/mol. The van der Waals surface area contributed by atoms with Gasteiger partial charge in [0.05, 0.1) is 16.4 Å². The number of carboxylic acids is 1. The average Bonchev–Trinajstić information content (AvgIpc) is 2.48. The molecule has 1 aromatic rings. The van der Waals surface area contributed by atoms with Gasteiger partial charge >= 0.3 is 5.97 Å². The molecule has 5 nitrogen and oxygen atoms in total. The molecule has 0 saturated heterocycles. The van der Waals surface area contributed by atoms with E-state index >= 15 is 0 Å². The average molecular weight is 372 g/mol. The minimum Gasteiger partial charge on any atom is -0.481 e. The standard InChI is InChI=1S/C16H22BrNO4/c1-4-16(5-2,10-14(19)20)18-15(21)11(3)22-13-9-7-6-8-12(13)17/h6-9,11H,4-5,10H2,1-3H3,(H,18,21)(H,19,20). The summed E-state index contributed by atoms with van der Waals surface area (Å²) in [4.78, 5) is 23.4. The summed E-state index contributed by atoms with van der Waals surface area (Å²) in [6, 6.07) is 7.26. The summed E-state index contributed by atoms with van der Waals surface area (Å²) in [5.41, 5.74) is -0.742. The van der Waals surface area contributed by atoms with E-state index < -0.39 is 17.6 Å². The number of nitrogens with one attached hydrogen (secondary N) is 1. The summed E-state index contributed by atoms with van der Waals surface area (Å²) in [6.07, 6.45) is 0.269. The van der Waals surface area contributed by atoms with Gasteiger partial charge in [0.15, 0.2) is 6.10 Å². The molecule has 1 atom stereocenters. The molecule has 0 bridgehead atoms. The number of carboxylic acid groups (broad SMARTS) is 1. The van der Waals surface area contributed by atoms with Crippen molar-refractivity contribution in [3.63, 3.8) is 0 Å². The highest BCUT2D eigenvalue weighted by atomic mass is 79.9. The number of halogens is 1. The largest absolute Gasteiger partial charge is 0.481 e. The van der Waals surface area contributed by atoms with Crippen molar-refractivity contribution in [1.82, 2.24) is 5.32 Å². The zero-order chi connectivity index (χ0) is 16.8. The first kappa shape index (κ1) is 18.5. The van der Waals surface area contributed by atoms with Gasteiger partial charge in [-0.3, -0.25) is 9.59 Å². The van der Waals surface area contributed by atoms with Crippen molar-refractivity contribution in [2.24, 2.45) is 0 Å². The van der Waals surface area contributed by atoms with Gasteiger partial charge in [0, 0.05) is 0 Å². The molecule has 0 aromatic heterocycles. The van der Waals surface area contributed by atoms with Gasteiger partial charge < -0.3 is 15.2 Å².